The van der Waals surface area contributed by atoms with Gasteiger partial charge in [-0.15, -0.1) is 6.58 Å². The van der Waals surface area contributed by atoms with E-state index in [4.69, 9.17) is 5.11 Å². The van der Waals surface area contributed by atoms with E-state index in [1.807, 2.05) is 6.92 Å². The lowest BCUT2D eigenvalue weighted by Gasteiger charge is -2.16. The highest BCUT2D eigenvalue weighted by molar-refractivity contribution is 5.79. The van der Waals surface area contributed by atoms with Gasteiger partial charge in [0.05, 0.1) is 13.0 Å². The molecular formula is C11H20N2O3. The third kappa shape index (κ3) is 7.99. The van der Waals surface area contributed by atoms with Crippen LogP contribution in [0.25, 0.3) is 0 Å². The Kier molecular flexibility index (Phi) is 8.15. The molecule has 0 spiro atoms. The van der Waals surface area contributed by atoms with Crippen molar-refractivity contribution in [1.82, 2.24) is 10.6 Å². The number of aliphatic carboxylic acids is 1. The molecule has 1 unspecified atom stereocenters. The van der Waals surface area contributed by atoms with Crippen molar-refractivity contribution in [2.75, 3.05) is 13.1 Å². The van der Waals surface area contributed by atoms with Gasteiger partial charge in [0.2, 0.25) is 5.91 Å². The molecule has 1 atom stereocenters. The fraction of sp³-hybridized carbons (Fsp3) is 0.636. The van der Waals surface area contributed by atoms with Crippen LogP contribution in [0, 0.1) is 0 Å². The summed E-state index contributed by atoms with van der Waals surface area (Å²) in [6.45, 7) is 6.22. The van der Waals surface area contributed by atoms with Gasteiger partial charge < -0.3 is 15.7 Å². The van der Waals surface area contributed by atoms with E-state index in [0.717, 1.165) is 6.42 Å². The monoisotopic (exact) mass is 228 g/mol. The number of rotatable bonds is 9. The number of hydrogen-bond donors (Lipinski definition) is 3. The molecule has 0 aliphatic rings. The van der Waals surface area contributed by atoms with Gasteiger partial charge in [-0.2, -0.15) is 0 Å². The molecule has 0 rings (SSSR count). The second-order valence-electron chi connectivity index (χ2n) is 3.57. The quantitative estimate of drug-likeness (QED) is 0.397. The Morgan fingerprint density at radius 2 is 2.19 bits per heavy atom. The summed E-state index contributed by atoms with van der Waals surface area (Å²) in [4.78, 5) is 21.9. The second kappa shape index (κ2) is 8.91. The van der Waals surface area contributed by atoms with Gasteiger partial charge in [0.15, 0.2) is 0 Å². The summed E-state index contributed by atoms with van der Waals surface area (Å²) in [7, 11) is 0. The molecule has 0 aliphatic heterocycles. The molecule has 0 aliphatic carbocycles. The highest BCUT2D eigenvalue weighted by Crippen LogP contribution is 2.01. The van der Waals surface area contributed by atoms with Crippen LogP contribution in [0.3, 0.4) is 0 Å². The predicted octanol–water partition coefficient (Wildman–Crippen LogP) is 0.522. The van der Waals surface area contributed by atoms with Gasteiger partial charge in [-0.1, -0.05) is 19.4 Å². The molecule has 16 heavy (non-hydrogen) atoms. The molecule has 0 fully saturated rings. The smallest absolute Gasteiger partial charge is 0.305 e. The zero-order chi connectivity index (χ0) is 12.4. The largest absolute Gasteiger partial charge is 0.481 e. The van der Waals surface area contributed by atoms with Crippen molar-refractivity contribution < 1.29 is 14.7 Å². The molecule has 5 heteroatoms. The first-order chi connectivity index (χ1) is 7.60. The fourth-order valence-corrected chi connectivity index (χ4v) is 1.35. The first-order valence-corrected chi connectivity index (χ1v) is 5.42. The third-order valence-electron chi connectivity index (χ3n) is 2.00. The van der Waals surface area contributed by atoms with Gasteiger partial charge in [0.1, 0.15) is 0 Å². The molecule has 1 amide bonds. The van der Waals surface area contributed by atoms with Gasteiger partial charge in [-0.25, -0.2) is 0 Å². The van der Waals surface area contributed by atoms with Crippen molar-refractivity contribution in [3.63, 3.8) is 0 Å². The molecule has 3 N–H and O–H groups in total. The summed E-state index contributed by atoms with van der Waals surface area (Å²) in [5, 5.41) is 14.2. The Balaban J connectivity index is 3.91. The lowest BCUT2D eigenvalue weighted by atomic mass is 10.1. The first kappa shape index (κ1) is 14.6. The molecule has 0 heterocycles. The topological polar surface area (TPSA) is 78.4 Å². The van der Waals surface area contributed by atoms with Gasteiger partial charge in [0.25, 0.3) is 0 Å². The Bertz CT molecular complexity index is 241. The molecule has 0 aromatic rings. The number of amides is 1. The van der Waals surface area contributed by atoms with Gasteiger partial charge in [-0.05, 0) is 6.42 Å². The molecule has 0 saturated carbocycles. The maximum Gasteiger partial charge on any atom is 0.305 e. The normalized spacial score (nSPS) is 11.8. The molecule has 0 aromatic carbocycles. The first-order valence-electron chi connectivity index (χ1n) is 5.42. The van der Waals surface area contributed by atoms with E-state index in [2.05, 4.69) is 17.2 Å². The number of hydrogen-bond acceptors (Lipinski definition) is 3. The number of carbonyl (C=O) groups is 2. The summed E-state index contributed by atoms with van der Waals surface area (Å²) < 4.78 is 0. The molecule has 0 bridgehead atoms. The van der Waals surface area contributed by atoms with Gasteiger partial charge in [0, 0.05) is 12.6 Å². The maximum atomic E-state index is 11.4. The van der Waals surface area contributed by atoms with Crippen LogP contribution >= 0.6 is 0 Å². The van der Waals surface area contributed by atoms with Crippen LogP contribution in [0.5, 0.6) is 0 Å². The van der Waals surface area contributed by atoms with E-state index >= 15 is 0 Å². The molecule has 0 saturated heterocycles. The van der Waals surface area contributed by atoms with Crippen LogP contribution in [-0.4, -0.2) is 36.1 Å². The molecular weight excluding hydrogens is 208 g/mol. The van der Waals surface area contributed by atoms with E-state index in [1.165, 1.54) is 0 Å². The SMILES string of the molecule is C=CCNCC(=O)NC(CCC)CC(=O)O. The van der Waals surface area contributed by atoms with E-state index in [-0.39, 0.29) is 24.9 Å². The number of carboxylic acid groups (broad SMARTS) is 1. The zero-order valence-corrected chi connectivity index (χ0v) is 9.66. The molecule has 0 aromatic heterocycles. The van der Waals surface area contributed by atoms with Crippen molar-refractivity contribution in [2.45, 2.75) is 32.2 Å². The second-order valence-corrected chi connectivity index (χ2v) is 3.57. The summed E-state index contributed by atoms with van der Waals surface area (Å²) >= 11 is 0. The number of carbonyl (C=O) groups excluding carboxylic acids is 1. The molecule has 92 valence electrons. The average Bonchev–Trinajstić information content (AvgIpc) is 2.17. The minimum atomic E-state index is -0.891. The third-order valence-corrected chi connectivity index (χ3v) is 2.00. The lowest BCUT2D eigenvalue weighted by Crippen LogP contribution is -2.41. The average molecular weight is 228 g/mol. The standard InChI is InChI=1S/C11H20N2O3/c1-3-5-9(7-11(15)16)13-10(14)8-12-6-4-2/h4,9,12H,2-3,5-8H2,1H3,(H,13,14)(H,15,16). The molecule has 0 radical (unpaired) electrons. The zero-order valence-electron chi connectivity index (χ0n) is 9.66. The van der Waals surface area contributed by atoms with Crippen molar-refractivity contribution in [3.8, 4) is 0 Å². The van der Waals surface area contributed by atoms with Crippen LogP contribution in [-0.2, 0) is 9.59 Å². The van der Waals surface area contributed by atoms with E-state index in [9.17, 15) is 9.59 Å². The Morgan fingerprint density at radius 3 is 2.69 bits per heavy atom. The van der Waals surface area contributed by atoms with Crippen molar-refractivity contribution >= 4 is 11.9 Å². The maximum absolute atomic E-state index is 11.4. The summed E-state index contributed by atoms with van der Waals surface area (Å²) in [6, 6.07) is -0.277. The van der Waals surface area contributed by atoms with Gasteiger partial charge >= 0.3 is 5.97 Å². The summed E-state index contributed by atoms with van der Waals surface area (Å²) in [5.74, 6) is -1.07. The Hall–Kier alpha value is -1.36. The summed E-state index contributed by atoms with van der Waals surface area (Å²) in [6.07, 6.45) is 3.16. The van der Waals surface area contributed by atoms with E-state index < -0.39 is 5.97 Å². The van der Waals surface area contributed by atoms with Crippen molar-refractivity contribution in [3.05, 3.63) is 12.7 Å². The van der Waals surface area contributed by atoms with Crippen molar-refractivity contribution in [1.29, 1.82) is 0 Å². The highest BCUT2D eigenvalue weighted by atomic mass is 16.4. The lowest BCUT2D eigenvalue weighted by molar-refractivity contribution is -0.137. The predicted molar refractivity (Wildman–Crippen MR) is 62.2 cm³/mol. The highest BCUT2D eigenvalue weighted by Gasteiger charge is 2.14. The molecule has 5 nitrogen and oxygen atoms in total. The summed E-state index contributed by atoms with van der Waals surface area (Å²) in [5.41, 5.74) is 0. The number of carboxylic acids is 1. The Labute approximate surface area is 95.9 Å². The fourth-order valence-electron chi connectivity index (χ4n) is 1.35. The van der Waals surface area contributed by atoms with E-state index in [1.54, 1.807) is 6.08 Å². The van der Waals surface area contributed by atoms with Gasteiger partial charge in [-0.3, -0.25) is 9.59 Å². The minimum Gasteiger partial charge on any atom is -0.481 e. The minimum absolute atomic E-state index is 0.0267. The van der Waals surface area contributed by atoms with Crippen LogP contribution in [0.4, 0.5) is 0 Å². The Morgan fingerprint density at radius 1 is 1.50 bits per heavy atom. The number of nitrogens with one attached hydrogen (secondary N) is 2. The van der Waals surface area contributed by atoms with Crippen molar-refractivity contribution in [2.24, 2.45) is 0 Å². The van der Waals surface area contributed by atoms with Crippen LogP contribution in [0.2, 0.25) is 0 Å². The van der Waals surface area contributed by atoms with Crippen LogP contribution in [0.15, 0.2) is 12.7 Å². The van der Waals surface area contributed by atoms with Crippen LogP contribution in [0.1, 0.15) is 26.2 Å². The van der Waals surface area contributed by atoms with Crippen LogP contribution < -0.4 is 10.6 Å². The van der Waals surface area contributed by atoms with E-state index in [0.29, 0.717) is 13.0 Å².